The lowest BCUT2D eigenvalue weighted by atomic mass is 10.1. The molecule has 1 aromatic heterocycles. The molecule has 0 saturated carbocycles. The zero-order valence-corrected chi connectivity index (χ0v) is 13.3. The highest BCUT2D eigenvalue weighted by Gasteiger charge is 2.03. The van der Waals surface area contributed by atoms with Crippen molar-refractivity contribution in [1.29, 1.82) is 0 Å². The number of ether oxygens (including phenoxy) is 1. The molecule has 1 N–H and O–H groups in total. The van der Waals surface area contributed by atoms with Gasteiger partial charge in [0.25, 0.3) is 0 Å². The van der Waals surface area contributed by atoms with E-state index < -0.39 is 0 Å². The van der Waals surface area contributed by atoms with Crippen LogP contribution >= 0.6 is 12.2 Å². The first kappa shape index (κ1) is 14.6. The summed E-state index contributed by atoms with van der Waals surface area (Å²) >= 11 is 5.42. The lowest BCUT2D eigenvalue weighted by Crippen LogP contribution is -1.98. The molecule has 0 aliphatic heterocycles. The fourth-order valence-electron chi connectivity index (χ4n) is 2.44. The summed E-state index contributed by atoms with van der Waals surface area (Å²) in [5.74, 6) is 0.867. The predicted octanol–water partition coefficient (Wildman–Crippen LogP) is 4.19. The van der Waals surface area contributed by atoms with Gasteiger partial charge in [0, 0.05) is 24.9 Å². The molecule has 0 spiro atoms. The van der Waals surface area contributed by atoms with Gasteiger partial charge in [0.1, 0.15) is 5.75 Å². The lowest BCUT2D eigenvalue weighted by molar-refractivity contribution is 0.414. The number of hydrogen-bond donors (Lipinski definition) is 1. The van der Waals surface area contributed by atoms with Crippen LogP contribution in [-0.2, 0) is 13.0 Å². The van der Waals surface area contributed by atoms with E-state index in [2.05, 4.69) is 52.1 Å². The van der Waals surface area contributed by atoms with Crippen molar-refractivity contribution >= 4 is 12.2 Å². The number of nitrogens with zero attached hydrogens (tertiary/aromatic N) is 1. The Morgan fingerprint density at radius 2 is 1.73 bits per heavy atom. The number of aromatic amines is 1. The molecule has 0 amide bonds. The van der Waals surface area contributed by atoms with E-state index in [4.69, 9.17) is 17.0 Å². The number of benzene rings is 2. The smallest absolute Gasteiger partial charge is 0.177 e. The lowest BCUT2D eigenvalue weighted by Gasteiger charge is -2.04. The van der Waals surface area contributed by atoms with E-state index >= 15 is 0 Å². The van der Waals surface area contributed by atoms with Crippen LogP contribution in [0.5, 0.6) is 5.75 Å². The Kier molecular flexibility index (Phi) is 4.39. The van der Waals surface area contributed by atoms with Crippen molar-refractivity contribution < 1.29 is 4.74 Å². The topological polar surface area (TPSA) is 29.9 Å². The molecule has 0 aliphatic rings. The van der Waals surface area contributed by atoms with Crippen LogP contribution < -0.4 is 4.74 Å². The molecule has 4 heteroatoms. The molecule has 0 radical (unpaired) electrons. The Morgan fingerprint density at radius 1 is 1.00 bits per heavy atom. The van der Waals surface area contributed by atoms with Crippen molar-refractivity contribution in [3.63, 3.8) is 0 Å². The van der Waals surface area contributed by atoms with Gasteiger partial charge in [-0.1, -0.05) is 42.5 Å². The van der Waals surface area contributed by atoms with Crippen molar-refractivity contribution in [3.05, 3.63) is 82.4 Å². The average Bonchev–Trinajstić information content (AvgIpc) is 2.88. The third-order valence-corrected chi connectivity index (χ3v) is 3.93. The Bertz CT molecular complexity index is 788. The summed E-state index contributed by atoms with van der Waals surface area (Å²) in [6.07, 6.45) is 2.96. The zero-order chi connectivity index (χ0) is 15.4. The molecule has 3 rings (SSSR count). The second kappa shape index (κ2) is 6.62. The maximum atomic E-state index is 5.42. The van der Waals surface area contributed by atoms with Crippen LogP contribution in [0.4, 0.5) is 0 Å². The number of methoxy groups -OCH3 is 1. The first-order valence-electron chi connectivity index (χ1n) is 7.20. The minimum Gasteiger partial charge on any atom is -0.497 e. The number of hydrogen-bond acceptors (Lipinski definition) is 2. The van der Waals surface area contributed by atoms with Gasteiger partial charge in [0.2, 0.25) is 0 Å². The zero-order valence-electron chi connectivity index (χ0n) is 12.5. The molecule has 0 saturated heterocycles. The second-order valence-electron chi connectivity index (χ2n) is 5.22. The molecular weight excluding hydrogens is 292 g/mol. The van der Waals surface area contributed by atoms with Crippen LogP contribution in [0.15, 0.2) is 60.8 Å². The summed E-state index contributed by atoms with van der Waals surface area (Å²) in [4.78, 5) is 3.29. The van der Waals surface area contributed by atoms with Gasteiger partial charge in [-0.15, -0.1) is 0 Å². The highest BCUT2D eigenvalue weighted by molar-refractivity contribution is 7.71. The van der Waals surface area contributed by atoms with Crippen molar-refractivity contribution in [2.45, 2.75) is 13.0 Å². The molecule has 3 nitrogen and oxygen atoms in total. The van der Waals surface area contributed by atoms with Crippen LogP contribution in [0.2, 0.25) is 0 Å². The van der Waals surface area contributed by atoms with Crippen molar-refractivity contribution in [2.24, 2.45) is 0 Å². The second-order valence-corrected chi connectivity index (χ2v) is 5.61. The van der Waals surface area contributed by atoms with Crippen LogP contribution in [0.3, 0.4) is 0 Å². The van der Waals surface area contributed by atoms with Crippen LogP contribution in [0, 0.1) is 4.77 Å². The van der Waals surface area contributed by atoms with E-state index in [0.717, 1.165) is 29.2 Å². The third-order valence-electron chi connectivity index (χ3n) is 3.59. The van der Waals surface area contributed by atoms with Gasteiger partial charge in [-0.3, -0.25) is 0 Å². The molecule has 112 valence electrons. The molecule has 0 unspecified atom stereocenters. The summed E-state index contributed by atoms with van der Waals surface area (Å²) in [6, 6.07) is 18.4. The van der Waals surface area contributed by atoms with Gasteiger partial charge in [-0.05, 0) is 35.5 Å². The monoisotopic (exact) mass is 310 g/mol. The number of aromatic nitrogens is 2. The van der Waals surface area contributed by atoms with Gasteiger partial charge in [-0.2, -0.15) is 0 Å². The molecule has 3 aromatic rings. The van der Waals surface area contributed by atoms with E-state index in [1.807, 2.05) is 18.2 Å². The summed E-state index contributed by atoms with van der Waals surface area (Å²) in [5, 5.41) is 0. The molecule has 0 atom stereocenters. The van der Waals surface area contributed by atoms with E-state index in [9.17, 15) is 0 Å². The molecule has 0 aliphatic carbocycles. The Hall–Kier alpha value is -2.33. The Labute approximate surface area is 135 Å². The minimum absolute atomic E-state index is 0.752. The molecule has 0 bridgehead atoms. The van der Waals surface area contributed by atoms with Gasteiger partial charge >= 0.3 is 0 Å². The maximum Gasteiger partial charge on any atom is 0.177 e. The summed E-state index contributed by atoms with van der Waals surface area (Å²) in [5.41, 5.74) is 3.60. The SMILES string of the molecule is COc1ccc(Cn2cc(Cc3ccccc3)[nH]c2=S)cc1. The minimum atomic E-state index is 0.752. The fourth-order valence-corrected chi connectivity index (χ4v) is 2.69. The summed E-state index contributed by atoms with van der Waals surface area (Å²) in [6.45, 7) is 0.758. The van der Waals surface area contributed by atoms with E-state index in [1.54, 1.807) is 7.11 Å². The standard InChI is InChI=1S/C18H18N2OS/c1-21-17-9-7-15(8-10-17)12-20-13-16(19-18(20)22)11-14-5-3-2-4-6-14/h2-10,13H,11-12H2,1H3,(H,19,22). The van der Waals surface area contributed by atoms with Gasteiger partial charge in [0.15, 0.2) is 4.77 Å². The van der Waals surface area contributed by atoms with E-state index in [-0.39, 0.29) is 0 Å². The molecule has 22 heavy (non-hydrogen) atoms. The first-order valence-corrected chi connectivity index (χ1v) is 7.60. The molecule has 0 fully saturated rings. The quantitative estimate of drug-likeness (QED) is 0.716. The van der Waals surface area contributed by atoms with Crippen molar-refractivity contribution in [2.75, 3.05) is 7.11 Å². The summed E-state index contributed by atoms with van der Waals surface area (Å²) in [7, 11) is 1.67. The van der Waals surface area contributed by atoms with Crippen LogP contribution in [0.25, 0.3) is 0 Å². The Morgan fingerprint density at radius 3 is 2.41 bits per heavy atom. The van der Waals surface area contributed by atoms with Crippen molar-refractivity contribution in [3.8, 4) is 5.75 Å². The van der Waals surface area contributed by atoms with Crippen molar-refractivity contribution in [1.82, 2.24) is 9.55 Å². The number of rotatable bonds is 5. The van der Waals surface area contributed by atoms with Crippen LogP contribution in [-0.4, -0.2) is 16.7 Å². The molecule has 2 aromatic carbocycles. The largest absolute Gasteiger partial charge is 0.497 e. The highest BCUT2D eigenvalue weighted by Crippen LogP contribution is 2.14. The van der Waals surface area contributed by atoms with E-state index in [1.165, 1.54) is 11.1 Å². The maximum absolute atomic E-state index is 5.42. The predicted molar refractivity (Wildman–Crippen MR) is 91.0 cm³/mol. The van der Waals surface area contributed by atoms with Gasteiger partial charge in [0.05, 0.1) is 7.11 Å². The third kappa shape index (κ3) is 3.46. The number of nitrogens with one attached hydrogen (secondary N) is 1. The Balaban J connectivity index is 1.75. The van der Waals surface area contributed by atoms with Gasteiger partial charge in [-0.25, -0.2) is 0 Å². The fraction of sp³-hybridized carbons (Fsp3) is 0.167. The molecular formula is C18H18N2OS. The number of imidazole rings is 1. The highest BCUT2D eigenvalue weighted by atomic mass is 32.1. The number of H-pyrrole nitrogens is 1. The van der Waals surface area contributed by atoms with Crippen LogP contribution in [0.1, 0.15) is 16.8 Å². The van der Waals surface area contributed by atoms with E-state index in [0.29, 0.717) is 0 Å². The van der Waals surface area contributed by atoms with Gasteiger partial charge < -0.3 is 14.3 Å². The molecule has 1 heterocycles. The normalized spacial score (nSPS) is 10.6. The summed E-state index contributed by atoms with van der Waals surface area (Å²) < 4.78 is 8.00. The first-order chi connectivity index (χ1) is 10.7. The average molecular weight is 310 g/mol.